The molecule has 194 valence electrons. The summed E-state index contributed by atoms with van der Waals surface area (Å²) in [7, 11) is 0. The van der Waals surface area contributed by atoms with E-state index in [2.05, 4.69) is 9.88 Å². The highest BCUT2D eigenvalue weighted by molar-refractivity contribution is 7.09. The minimum atomic E-state index is -0.0542. The molecule has 0 spiro atoms. The minimum absolute atomic E-state index is 0.0542. The summed E-state index contributed by atoms with van der Waals surface area (Å²) in [5, 5.41) is 4.46. The van der Waals surface area contributed by atoms with Crippen LogP contribution in [-0.4, -0.2) is 70.9 Å². The second-order valence-electron chi connectivity index (χ2n) is 9.23. The van der Waals surface area contributed by atoms with Gasteiger partial charge in [-0.2, -0.15) is 0 Å². The number of carbonyl (C=O) groups excluding carboxylic acids is 2. The summed E-state index contributed by atoms with van der Waals surface area (Å²) in [6.45, 7) is 3.75. The number of carbonyl (C=O) groups is 2. The van der Waals surface area contributed by atoms with Crippen molar-refractivity contribution in [2.75, 3.05) is 44.2 Å². The molecular formula is C26H26Cl3N5O2S. The average Bonchev–Trinajstić information content (AvgIpc) is 3.40. The number of piperidine rings is 1. The predicted molar refractivity (Wildman–Crippen MR) is 148 cm³/mol. The van der Waals surface area contributed by atoms with Crippen LogP contribution in [0.15, 0.2) is 42.0 Å². The molecule has 11 heteroatoms. The lowest BCUT2D eigenvalue weighted by atomic mass is 9.97. The van der Waals surface area contributed by atoms with Crippen LogP contribution in [0.25, 0.3) is 0 Å². The molecule has 1 aromatic carbocycles. The van der Waals surface area contributed by atoms with E-state index in [1.54, 1.807) is 12.4 Å². The molecule has 2 aliphatic rings. The van der Waals surface area contributed by atoms with Gasteiger partial charge in [0.25, 0.3) is 5.91 Å². The molecule has 7 nitrogen and oxygen atoms in total. The van der Waals surface area contributed by atoms with Gasteiger partial charge in [-0.3, -0.25) is 14.6 Å². The number of halogens is 3. The first-order chi connectivity index (χ1) is 17.9. The van der Waals surface area contributed by atoms with Crippen molar-refractivity contribution in [2.24, 2.45) is 0 Å². The molecule has 2 fully saturated rings. The summed E-state index contributed by atoms with van der Waals surface area (Å²) in [5.41, 5.74) is 2.11. The number of nitrogens with zero attached hydrogens (tertiary/aromatic N) is 5. The fraction of sp³-hybridized carbons (Fsp3) is 0.385. The first-order valence-corrected chi connectivity index (χ1v) is 14.2. The van der Waals surface area contributed by atoms with Gasteiger partial charge in [-0.15, -0.1) is 11.3 Å². The third kappa shape index (κ3) is 5.87. The Labute approximate surface area is 235 Å². The van der Waals surface area contributed by atoms with Crippen LogP contribution in [-0.2, 0) is 11.2 Å². The lowest BCUT2D eigenvalue weighted by molar-refractivity contribution is -0.131. The summed E-state index contributed by atoms with van der Waals surface area (Å²) in [6, 6.07) is 7.46. The maximum Gasteiger partial charge on any atom is 0.273 e. The molecule has 3 aromatic rings. The van der Waals surface area contributed by atoms with Gasteiger partial charge in [-0.1, -0.05) is 53.0 Å². The summed E-state index contributed by atoms with van der Waals surface area (Å²) in [5.74, 6) is 0.292. The Kier molecular flexibility index (Phi) is 8.19. The molecule has 2 aliphatic heterocycles. The Morgan fingerprint density at radius 1 is 0.892 bits per heavy atom. The zero-order chi connectivity index (χ0) is 25.9. The van der Waals surface area contributed by atoms with E-state index in [1.165, 1.54) is 11.3 Å². The molecule has 0 bridgehead atoms. The van der Waals surface area contributed by atoms with Gasteiger partial charge in [0.15, 0.2) is 0 Å². The van der Waals surface area contributed by atoms with Gasteiger partial charge in [0.1, 0.15) is 5.69 Å². The number of piperazine rings is 1. The Morgan fingerprint density at radius 2 is 1.57 bits per heavy atom. The van der Waals surface area contributed by atoms with E-state index >= 15 is 0 Å². The molecule has 2 saturated heterocycles. The number of likely N-dealkylation sites (tertiary alicyclic amines) is 1. The van der Waals surface area contributed by atoms with Crippen LogP contribution in [0, 0.1) is 0 Å². The molecule has 0 atom stereocenters. The third-order valence-corrected chi connectivity index (χ3v) is 8.88. The SMILES string of the molecule is O=C(Cc1ccccc1Cl)N1CCC(c2nc(C(=O)N3CCN(c4c(Cl)cncc4Cl)CC3)cs2)CC1. The summed E-state index contributed by atoms with van der Waals surface area (Å²) in [4.78, 5) is 40.4. The maximum atomic E-state index is 13.1. The molecule has 0 saturated carbocycles. The van der Waals surface area contributed by atoms with E-state index in [9.17, 15) is 9.59 Å². The Balaban J connectivity index is 1.14. The van der Waals surface area contributed by atoms with E-state index in [1.807, 2.05) is 39.4 Å². The molecular weight excluding hydrogens is 553 g/mol. The molecule has 37 heavy (non-hydrogen) atoms. The van der Waals surface area contributed by atoms with E-state index in [0.717, 1.165) is 29.1 Å². The van der Waals surface area contributed by atoms with E-state index in [4.69, 9.17) is 39.8 Å². The van der Waals surface area contributed by atoms with Crippen LogP contribution < -0.4 is 4.90 Å². The Bertz CT molecular complexity index is 1270. The number of amides is 2. The normalized spacial score (nSPS) is 16.8. The summed E-state index contributed by atoms with van der Waals surface area (Å²) in [6.07, 6.45) is 5.14. The molecule has 0 N–H and O–H groups in total. The largest absolute Gasteiger partial charge is 0.365 e. The lowest BCUT2D eigenvalue weighted by Crippen LogP contribution is -2.49. The van der Waals surface area contributed by atoms with Crippen molar-refractivity contribution in [3.05, 3.63) is 73.4 Å². The van der Waals surface area contributed by atoms with Crippen LogP contribution in [0.2, 0.25) is 15.1 Å². The monoisotopic (exact) mass is 577 g/mol. The number of anilines is 1. The van der Waals surface area contributed by atoms with E-state index < -0.39 is 0 Å². The van der Waals surface area contributed by atoms with Gasteiger partial charge in [-0.05, 0) is 24.5 Å². The maximum absolute atomic E-state index is 13.1. The van der Waals surface area contributed by atoms with Gasteiger partial charge < -0.3 is 14.7 Å². The molecule has 0 radical (unpaired) electrons. The van der Waals surface area contributed by atoms with Crippen molar-refractivity contribution in [1.29, 1.82) is 0 Å². The van der Waals surface area contributed by atoms with Crippen LogP contribution in [0.4, 0.5) is 5.69 Å². The molecule has 5 rings (SSSR count). The number of hydrogen-bond acceptors (Lipinski definition) is 6. The van der Waals surface area contributed by atoms with E-state index in [-0.39, 0.29) is 17.7 Å². The highest BCUT2D eigenvalue weighted by Gasteiger charge is 2.29. The fourth-order valence-corrected chi connectivity index (χ4v) is 6.64. The van der Waals surface area contributed by atoms with Crippen molar-refractivity contribution in [1.82, 2.24) is 19.8 Å². The molecule has 4 heterocycles. The Morgan fingerprint density at radius 3 is 2.24 bits per heavy atom. The van der Waals surface area contributed by atoms with Gasteiger partial charge in [0, 0.05) is 68.0 Å². The first kappa shape index (κ1) is 26.2. The number of benzene rings is 1. The van der Waals surface area contributed by atoms with Crippen molar-refractivity contribution in [3.8, 4) is 0 Å². The first-order valence-electron chi connectivity index (χ1n) is 12.2. The van der Waals surface area contributed by atoms with Crippen molar-refractivity contribution in [3.63, 3.8) is 0 Å². The second kappa shape index (κ2) is 11.6. The number of thiazole rings is 1. The zero-order valence-electron chi connectivity index (χ0n) is 20.1. The summed E-state index contributed by atoms with van der Waals surface area (Å²) >= 11 is 20.3. The second-order valence-corrected chi connectivity index (χ2v) is 11.3. The standard InChI is InChI=1S/C26H26Cl3N5O2S/c27-19-4-2-1-3-18(19)13-23(35)32-7-5-17(6-8-32)25-31-22(16-37-25)26(36)34-11-9-33(10-12-34)24-20(28)14-30-15-21(24)29/h1-4,14-17H,5-13H2. The van der Waals surface area contributed by atoms with Crippen LogP contribution >= 0.6 is 46.1 Å². The highest BCUT2D eigenvalue weighted by atomic mass is 35.5. The Hall–Kier alpha value is -2.39. The minimum Gasteiger partial charge on any atom is -0.365 e. The van der Waals surface area contributed by atoms with Crippen LogP contribution in [0.5, 0.6) is 0 Å². The van der Waals surface area contributed by atoms with Crippen molar-refractivity contribution >= 4 is 63.6 Å². The number of pyridine rings is 1. The number of hydrogen-bond donors (Lipinski definition) is 0. The fourth-order valence-electron chi connectivity index (χ4n) is 4.87. The zero-order valence-corrected chi connectivity index (χ0v) is 23.2. The van der Waals surface area contributed by atoms with Crippen LogP contribution in [0.1, 0.15) is 39.8 Å². The van der Waals surface area contributed by atoms with Crippen molar-refractivity contribution < 1.29 is 9.59 Å². The number of rotatable bonds is 5. The summed E-state index contributed by atoms with van der Waals surface area (Å²) < 4.78 is 0. The highest BCUT2D eigenvalue weighted by Crippen LogP contribution is 2.34. The lowest BCUT2D eigenvalue weighted by Gasteiger charge is -2.36. The predicted octanol–water partition coefficient (Wildman–Crippen LogP) is 5.41. The molecule has 2 amide bonds. The third-order valence-electron chi connectivity index (χ3n) is 6.95. The topological polar surface area (TPSA) is 69.6 Å². The smallest absolute Gasteiger partial charge is 0.273 e. The molecule has 0 aliphatic carbocycles. The molecule has 2 aromatic heterocycles. The van der Waals surface area contributed by atoms with Gasteiger partial charge in [0.05, 0.1) is 27.2 Å². The van der Waals surface area contributed by atoms with Gasteiger partial charge >= 0.3 is 0 Å². The molecule has 0 unspecified atom stereocenters. The van der Waals surface area contributed by atoms with Crippen molar-refractivity contribution in [2.45, 2.75) is 25.2 Å². The average molecular weight is 579 g/mol. The van der Waals surface area contributed by atoms with Gasteiger partial charge in [-0.25, -0.2) is 4.98 Å². The quantitative estimate of drug-likeness (QED) is 0.405. The van der Waals surface area contributed by atoms with E-state index in [0.29, 0.717) is 66.5 Å². The van der Waals surface area contributed by atoms with Gasteiger partial charge in [0.2, 0.25) is 5.91 Å². The number of aromatic nitrogens is 2. The van der Waals surface area contributed by atoms with Crippen LogP contribution in [0.3, 0.4) is 0 Å².